The Morgan fingerprint density at radius 1 is 0.906 bits per heavy atom. The molecule has 32 heavy (non-hydrogen) atoms. The van der Waals surface area contributed by atoms with Crippen LogP contribution in [-0.4, -0.2) is 28.2 Å². The van der Waals surface area contributed by atoms with Gasteiger partial charge in [-0.1, -0.05) is 85.8 Å². The van der Waals surface area contributed by atoms with E-state index in [4.69, 9.17) is 4.74 Å². The van der Waals surface area contributed by atoms with E-state index < -0.39 is 30.1 Å². The van der Waals surface area contributed by atoms with E-state index in [-0.39, 0.29) is 6.04 Å². The van der Waals surface area contributed by atoms with Crippen molar-refractivity contribution >= 4 is 17.7 Å². The number of nitrogens with zero attached hydrogens (tertiary/aromatic N) is 2. The Hall–Kier alpha value is -3.64. The van der Waals surface area contributed by atoms with Crippen molar-refractivity contribution in [2.45, 2.75) is 32.1 Å². The van der Waals surface area contributed by atoms with E-state index in [9.17, 15) is 14.7 Å². The Labute approximate surface area is 187 Å². The maximum atomic E-state index is 13.5. The van der Waals surface area contributed by atoms with Crippen LogP contribution in [-0.2, 0) is 9.53 Å². The highest BCUT2D eigenvalue weighted by atomic mass is 16.6. The lowest BCUT2D eigenvalue weighted by atomic mass is 9.96. The van der Waals surface area contributed by atoms with Gasteiger partial charge in [0.15, 0.2) is 6.10 Å². The molecule has 3 aromatic rings. The van der Waals surface area contributed by atoms with Gasteiger partial charge in [0.2, 0.25) is 0 Å². The predicted molar refractivity (Wildman–Crippen MR) is 121 cm³/mol. The Kier molecular flexibility index (Phi) is 6.23. The summed E-state index contributed by atoms with van der Waals surface area (Å²) in [6, 6.07) is 27.3. The number of cyclic esters (lactones) is 1. The number of imide groups is 1. The molecule has 0 spiro atoms. The Balaban J connectivity index is 1.70. The molecule has 164 valence electrons. The normalized spacial score (nSPS) is 20.4. The lowest BCUT2D eigenvalue weighted by Gasteiger charge is -2.46. The molecule has 2 amide bonds. The van der Waals surface area contributed by atoms with E-state index in [0.717, 1.165) is 10.6 Å². The zero-order valence-electron chi connectivity index (χ0n) is 18.0. The number of amides is 2. The third kappa shape index (κ3) is 4.09. The number of aliphatic hydroxyl groups excluding tert-OH is 1. The molecule has 0 aromatic heterocycles. The van der Waals surface area contributed by atoms with Crippen molar-refractivity contribution in [2.24, 2.45) is 5.92 Å². The van der Waals surface area contributed by atoms with Crippen molar-refractivity contribution in [2.75, 3.05) is 5.01 Å². The number of carbonyl (C=O) groups is 2. The molecule has 4 rings (SSSR count). The fourth-order valence-corrected chi connectivity index (χ4v) is 4.04. The first kappa shape index (κ1) is 21.6. The molecule has 4 atom stereocenters. The Morgan fingerprint density at radius 3 is 2.03 bits per heavy atom. The number of aliphatic hydroxyl groups is 1. The molecule has 0 unspecified atom stereocenters. The number of rotatable bonds is 5. The second-order valence-corrected chi connectivity index (χ2v) is 7.93. The summed E-state index contributed by atoms with van der Waals surface area (Å²) >= 11 is 0. The van der Waals surface area contributed by atoms with E-state index in [0.29, 0.717) is 11.3 Å². The molecule has 6 nitrogen and oxygen atoms in total. The van der Waals surface area contributed by atoms with E-state index >= 15 is 0 Å². The number of carbonyl (C=O) groups excluding carboxylic acids is 2. The topological polar surface area (TPSA) is 70.1 Å². The van der Waals surface area contributed by atoms with Gasteiger partial charge in [-0.25, -0.2) is 4.79 Å². The van der Waals surface area contributed by atoms with Crippen LogP contribution >= 0.6 is 0 Å². The molecule has 0 radical (unpaired) electrons. The summed E-state index contributed by atoms with van der Waals surface area (Å²) in [5, 5.41) is 13.5. The Morgan fingerprint density at radius 2 is 1.44 bits per heavy atom. The van der Waals surface area contributed by atoms with Gasteiger partial charge >= 0.3 is 6.09 Å². The number of hydrazine groups is 1. The minimum Gasteiger partial charge on any atom is -0.437 e. The summed E-state index contributed by atoms with van der Waals surface area (Å²) in [5.41, 5.74) is 2.14. The second-order valence-electron chi connectivity index (χ2n) is 7.93. The van der Waals surface area contributed by atoms with Crippen LogP contribution < -0.4 is 5.01 Å². The molecule has 0 aliphatic carbocycles. The van der Waals surface area contributed by atoms with Gasteiger partial charge in [0.25, 0.3) is 5.91 Å². The largest absolute Gasteiger partial charge is 0.437 e. The molecule has 6 heteroatoms. The average molecular weight is 431 g/mol. The minimum atomic E-state index is -1.06. The van der Waals surface area contributed by atoms with E-state index in [1.807, 2.05) is 73.7 Å². The molecule has 0 bridgehead atoms. The van der Waals surface area contributed by atoms with Crippen LogP contribution in [0.1, 0.15) is 37.2 Å². The molecule has 1 fully saturated rings. The molecule has 1 heterocycles. The number of hydrogen-bond acceptors (Lipinski definition) is 5. The fourth-order valence-electron chi connectivity index (χ4n) is 4.04. The van der Waals surface area contributed by atoms with Crippen LogP contribution in [0.3, 0.4) is 0 Å². The van der Waals surface area contributed by atoms with Crippen LogP contribution in [0.25, 0.3) is 0 Å². The zero-order chi connectivity index (χ0) is 22.7. The smallest absolute Gasteiger partial charge is 0.436 e. The maximum Gasteiger partial charge on any atom is 0.436 e. The van der Waals surface area contributed by atoms with Crippen LogP contribution in [0.2, 0.25) is 0 Å². The fraction of sp³-hybridized carbons (Fsp3) is 0.231. The van der Waals surface area contributed by atoms with E-state index in [2.05, 4.69) is 0 Å². The van der Waals surface area contributed by atoms with E-state index in [1.165, 1.54) is 0 Å². The van der Waals surface area contributed by atoms with Crippen LogP contribution in [0.15, 0.2) is 91.0 Å². The van der Waals surface area contributed by atoms with Gasteiger partial charge in [0, 0.05) is 0 Å². The summed E-state index contributed by atoms with van der Waals surface area (Å²) in [5.74, 6) is -1.40. The molecule has 1 aliphatic rings. The van der Waals surface area contributed by atoms with Gasteiger partial charge in [0.05, 0.1) is 23.8 Å². The van der Waals surface area contributed by atoms with Crippen molar-refractivity contribution in [3.8, 4) is 0 Å². The van der Waals surface area contributed by atoms with Crippen molar-refractivity contribution in [3.63, 3.8) is 0 Å². The first-order valence-electron chi connectivity index (χ1n) is 10.7. The summed E-state index contributed by atoms with van der Waals surface area (Å²) in [4.78, 5) is 26.7. The highest BCUT2D eigenvalue weighted by molar-refractivity contribution is 5.96. The predicted octanol–water partition coefficient (Wildman–Crippen LogP) is 4.89. The zero-order valence-corrected chi connectivity index (χ0v) is 18.0. The van der Waals surface area contributed by atoms with Crippen LogP contribution in [0.5, 0.6) is 0 Å². The Bertz CT molecular complexity index is 1060. The van der Waals surface area contributed by atoms with Gasteiger partial charge < -0.3 is 9.84 Å². The van der Waals surface area contributed by atoms with Gasteiger partial charge in [-0.15, -0.1) is 0 Å². The van der Waals surface area contributed by atoms with Crippen molar-refractivity contribution in [1.82, 2.24) is 5.01 Å². The van der Waals surface area contributed by atoms with Crippen LogP contribution in [0, 0.1) is 5.92 Å². The molecule has 1 aliphatic heterocycles. The molecular formula is C26H26N2O4. The summed E-state index contributed by atoms with van der Waals surface area (Å²) in [6.45, 7) is 3.53. The first-order valence-corrected chi connectivity index (χ1v) is 10.7. The highest BCUT2D eigenvalue weighted by Crippen LogP contribution is 2.36. The monoisotopic (exact) mass is 430 g/mol. The number of benzene rings is 3. The van der Waals surface area contributed by atoms with Gasteiger partial charge in [-0.2, -0.15) is 5.01 Å². The second kappa shape index (κ2) is 9.24. The summed E-state index contributed by atoms with van der Waals surface area (Å²) in [6.07, 6.45) is -2.38. The summed E-state index contributed by atoms with van der Waals surface area (Å²) < 4.78 is 5.75. The number of para-hydroxylation sites is 1. The van der Waals surface area contributed by atoms with Gasteiger partial charge in [-0.05, 0) is 30.2 Å². The average Bonchev–Trinajstić information content (AvgIpc) is 2.85. The SMILES string of the molecule is C[C@H](C(=O)N1C(=O)O[C@H](c2ccccc2)[C@H](C)N1c1ccccc1)[C@H](O)c1ccccc1. The third-order valence-electron chi connectivity index (χ3n) is 5.80. The maximum absolute atomic E-state index is 13.5. The first-order chi connectivity index (χ1) is 15.5. The standard InChI is InChI=1S/C26H26N2O4/c1-18(23(29)20-12-6-3-7-13-20)25(30)28-26(31)32-24(21-14-8-4-9-15-21)19(2)27(28)22-16-10-5-11-17-22/h3-19,23-24,29H,1-2H3/t18-,19-,23-,24-/m0/s1. The molecule has 3 aromatic carbocycles. The number of anilines is 1. The third-order valence-corrected chi connectivity index (χ3v) is 5.80. The molecule has 1 N–H and O–H groups in total. The lowest BCUT2D eigenvalue weighted by molar-refractivity contribution is -0.141. The van der Waals surface area contributed by atoms with Crippen molar-refractivity contribution in [1.29, 1.82) is 0 Å². The van der Waals surface area contributed by atoms with Crippen molar-refractivity contribution in [3.05, 3.63) is 102 Å². The number of hydrogen-bond donors (Lipinski definition) is 1. The molecule has 0 saturated carbocycles. The van der Waals surface area contributed by atoms with Crippen molar-refractivity contribution < 1.29 is 19.4 Å². The van der Waals surface area contributed by atoms with Gasteiger partial charge in [0.1, 0.15) is 0 Å². The minimum absolute atomic E-state index is 0.359. The van der Waals surface area contributed by atoms with Gasteiger partial charge in [-0.3, -0.25) is 9.80 Å². The summed E-state index contributed by atoms with van der Waals surface area (Å²) in [7, 11) is 0. The van der Waals surface area contributed by atoms with E-state index in [1.54, 1.807) is 36.2 Å². The quantitative estimate of drug-likeness (QED) is 0.624. The van der Waals surface area contributed by atoms with Crippen LogP contribution in [0.4, 0.5) is 10.5 Å². The lowest BCUT2D eigenvalue weighted by Crippen LogP contribution is -2.61. The number of ether oxygens (including phenoxy) is 1. The molecular weight excluding hydrogens is 404 g/mol. The molecule has 1 saturated heterocycles. The highest BCUT2D eigenvalue weighted by Gasteiger charge is 2.46.